The summed E-state index contributed by atoms with van der Waals surface area (Å²) in [5.41, 5.74) is 0.777. The lowest BCUT2D eigenvalue weighted by Gasteiger charge is -2.14. The van der Waals surface area contributed by atoms with E-state index in [1.54, 1.807) is 42.5 Å². The normalized spacial score (nSPS) is 19.4. The van der Waals surface area contributed by atoms with E-state index >= 15 is 0 Å². The molecule has 1 unspecified atom stereocenters. The molecule has 1 aliphatic heterocycles. The first-order chi connectivity index (χ1) is 11.9. The second-order valence-electron chi connectivity index (χ2n) is 5.89. The summed E-state index contributed by atoms with van der Waals surface area (Å²) in [4.78, 5) is 0.235. The number of sulfonamides is 1. The third-order valence-electron chi connectivity index (χ3n) is 4.21. The molecule has 2 aromatic carbocycles. The van der Waals surface area contributed by atoms with Crippen LogP contribution in [0.3, 0.4) is 0 Å². The van der Waals surface area contributed by atoms with Gasteiger partial charge in [0.15, 0.2) is 9.84 Å². The number of rotatable bonds is 5. The zero-order valence-corrected chi connectivity index (χ0v) is 15.2. The van der Waals surface area contributed by atoms with Crippen LogP contribution in [-0.2, 0) is 19.9 Å². The molecule has 1 heterocycles. The van der Waals surface area contributed by atoms with Crippen molar-refractivity contribution in [2.45, 2.75) is 16.6 Å². The van der Waals surface area contributed by atoms with Gasteiger partial charge in [-0.1, -0.05) is 48.5 Å². The molecule has 0 saturated carbocycles. The van der Waals surface area contributed by atoms with Crippen molar-refractivity contribution in [2.75, 3.05) is 13.1 Å². The van der Waals surface area contributed by atoms with Gasteiger partial charge in [0.05, 0.1) is 10.1 Å². The molecule has 3 rings (SSSR count). The van der Waals surface area contributed by atoms with Crippen LogP contribution in [-0.4, -0.2) is 39.5 Å². The topological polar surface area (TPSA) is 71.5 Å². The number of hydrogen-bond acceptors (Lipinski definition) is 4. The first kappa shape index (κ1) is 17.8. The van der Waals surface area contributed by atoms with Crippen molar-refractivity contribution in [1.29, 1.82) is 0 Å². The molecule has 7 heteroatoms. The van der Waals surface area contributed by atoms with Crippen LogP contribution in [0, 0.1) is 0 Å². The van der Waals surface area contributed by atoms with E-state index in [0.717, 1.165) is 11.0 Å². The first-order valence-electron chi connectivity index (χ1n) is 7.92. The van der Waals surface area contributed by atoms with Crippen molar-refractivity contribution >= 4 is 25.9 Å². The molecule has 25 heavy (non-hydrogen) atoms. The molecule has 5 nitrogen and oxygen atoms in total. The molecule has 1 atom stereocenters. The van der Waals surface area contributed by atoms with Gasteiger partial charge in [0, 0.05) is 18.5 Å². The van der Waals surface area contributed by atoms with Crippen LogP contribution in [0.1, 0.15) is 12.0 Å². The molecular weight excluding hydrogens is 358 g/mol. The maximum absolute atomic E-state index is 12.6. The summed E-state index contributed by atoms with van der Waals surface area (Å²) in [6.07, 6.45) is 1.82. The van der Waals surface area contributed by atoms with E-state index in [9.17, 15) is 16.8 Å². The van der Waals surface area contributed by atoms with E-state index in [1.165, 1.54) is 10.4 Å². The van der Waals surface area contributed by atoms with E-state index in [4.69, 9.17) is 0 Å². The van der Waals surface area contributed by atoms with E-state index in [-0.39, 0.29) is 18.0 Å². The zero-order chi connectivity index (χ0) is 17.9. The lowest BCUT2D eigenvalue weighted by molar-refractivity contribution is 0.485. The summed E-state index contributed by atoms with van der Waals surface area (Å²) < 4.78 is 51.4. The summed E-state index contributed by atoms with van der Waals surface area (Å²) in [6, 6.07) is 17.3. The molecule has 132 valence electrons. The molecule has 2 aromatic rings. The van der Waals surface area contributed by atoms with Crippen LogP contribution in [0.15, 0.2) is 71.0 Å². The third kappa shape index (κ3) is 4.00. The lowest BCUT2D eigenvalue weighted by Crippen LogP contribution is -2.30. The summed E-state index contributed by atoms with van der Waals surface area (Å²) in [5.74, 6) is 0. The minimum absolute atomic E-state index is 0.0152. The molecule has 1 saturated heterocycles. The Morgan fingerprint density at radius 3 is 2.12 bits per heavy atom. The number of hydrogen-bond donors (Lipinski definition) is 0. The van der Waals surface area contributed by atoms with E-state index in [0.29, 0.717) is 6.42 Å². The molecule has 0 bridgehead atoms. The van der Waals surface area contributed by atoms with E-state index in [2.05, 4.69) is 0 Å². The van der Waals surface area contributed by atoms with Gasteiger partial charge in [0.1, 0.15) is 0 Å². The van der Waals surface area contributed by atoms with Crippen LogP contribution < -0.4 is 0 Å². The lowest BCUT2D eigenvalue weighted by atomic mass is 10.2. The van der Waals surface area contributed by atoms with Crippen molar-refractivity contribution in [1.82, 2.24) is 4.31 Å². The van der Waals surface area contributed by atoms with Crippen molar-refractivity contribution < 1.29 is 16.8 Å². The summed E-state index contributed by atoms with van der Waals surface area (Å²) in [5, 5.41) is 0.426. The van der Waals surface area contributed by atoms with Gasteiger partial charge in [-0.2, -0.15) is 4.31 Å². The Morgan fingerprint density at radius 1 is 0.880 bits per heavy atom. The highest BCUT2D eigenvalue weighted by Gasteiger charge is 2.38. The Balaban J connectivity index is 1.75. The Bertz CT molecular complexity index is 953. The van der Waals surface area contributed by atoms with Crippen LogP contribution in [0.4, 0.5) is 0 Å². The summed E-state index contributed by atoms with van der Waals surface area (Å²) >= 11 is 0. The van der Waals surface area contributed by atoms with Crippen molar-refractivity contribution in [2.24, 2.45) is 0 Å². The zero-order valence-electron chi connectivity index (χ0n) is 13.5. The fourth-order valence-corrected chi connectivity index (χ4v) is 5.86. The van der Waals surface area contributed by atoms with E-state index < -0.39 is 25.1 Å². The van der Waals surface area contributed by atoms with Gasteiger partial charge >= 0.3 is 0 Å². The van der Waals surface area contributed by atoms with Crippen LogP contribution in [0.5, 0.6) is 0 Å². The highest BCUT2D eigenvalue weighted by Crippen LogP contribution is 2.26. The molecule has 0 radical (unpaired) electrons. The predicted octanol–water partition coefficient (Wildman–Crippen LogP) is 2.54. The maximum atomic E-state index is 12.6. The highest BCUT2D eigenvalue weighted by atomic mass is 32.2. The van der Waals surface area contributed by atoms with Gasteiger partial charge in [-0.25, -0.2) is 16.8 Å². The fraction of sp³-hybridized carbons (Fsp3) is 0.222. The minimum atomic E-state index is -3.65. The van der Waals surface area contributed by atoms with Crippen molar-refractivity contribution in [3.8, 4) is 0 Å². The van der Waals surface area contributed by atoms with Crippen molar-refractivity contribution in [3.05, 3.63) is 71.6 Å². The average molecular weight is 377 g/mol. The second-order valence-corrected chi connectivity index (χ2v) is 9.93. The highest BCUT2D eigenvalue weighted by molar-refractivity contribution is 7.93. The Labute approximate surface area is 148 Å². The molecule has 1 aliphatic rings. The van der Waals surface area contributed by atoms with E-state index in [1.807, 2.05) is 18.2 Å². The quantitative estimate of drug-likeness (QED) is 0.803. The van der Waals surface area contributed by atoms with Gasteiger partial charge < -0.3 is 0 Å². The Kier molecular flexibility index (Phi) is 5.08. The van der Waals surface area contributed by atoms with Gasteiger partial charge in [-0.05, 0) is 30.2 Å². The molecule has 0 amide bonds. The average Bonchev–Trinajstić information content (AvgIpc) is 3.14. The second kappa shape index (κ2) is 7.11. The smallest absolute Gasteiger partial charge is 0.223 e. The molecule has 0 spiro atoms. The predicted molar refractivity (Wildman–Crippen MR) is 98.0 cm³/mol. The van der Waals surface area contributed by atoms with Gasteiger partial charge in [0.25, 0.3) is 0 Å². The Morgan fingerprint density at radius 2 is 1.48 bits per heavy atom. The molecule has 0 aromatic heterocycles. The van der Waals surface area contributed by atoms with Gasteiger partial charge in [-0.3, -0.25) is 0 Å². The number of benzene rings is 2. The number of nitrogens with zero attached hydrogens (tertiary/aromatic N) is 1. The SMILES string of the molecule is O=S(=O)(c1ccccc1)C1CCN(S(=O)(=O)/C=C/c2ccccc2)C1. The monoisotopic (exact) mass is 377 g/mol. The molecular formula is C18H19NO4S2. The van der Waals surface area contributed by atoms with Crippen molar-refractivity contribution in [3.63, 3.8) is 0 Å². The van der Waals surface area contributed by atoms with Gasteiger partial charge in [0.2, 0.25) is 10.0 Å². The third-order valence-corrected chi connectivity index (χ3v) is 7.93. The largest absolute Gasteiger partial charge is 0.236 e. The Hall–Kier alpha value is -1.96. The van der Waals surface area contributed by atoms with Crippen LogP contribution in [0.2, 0.25) is 0 Å². The standard InChI is InChI=1S/C18H19NO4S2/c20-24(21,14-12-16-7-3-1-4-8-16)19-13-11-18(15-19)25(22,23)17-9-5-2-6-10-17/h1-10,12,14,18H,11,13,15H2/b14-12+. The van der Waals surface area contributed by atoms with Crippen LogP contribution >= 0.6 is 0 Å². The maximum Gasteiger partial charge on any atom is 0.236 e. The van der Waals surface area contributed by atoms with Gasteiger partial charge in [-0.15, -0.1) is 0 Å². The fourth-order valence-electron chi connectivity index (χ4n) is 2.80. The molecule has 0 N–H and O–H groups in total. The van der Waals surface area contributed by atoms with Crippen LogP contribution in [0.25, 0.3) is 6.08 Å². The number of sulfone groups is 1. The summed E-state index contributed by atoms with van der Waals surface area (Å²) in [6.45, 7) is 0.191. The summed E-state index contributed by atoms with van der Waals surface area (Å²) in [7, 11) is -7.17. The molecule has 1 fully saturated rings. The minimum Gasteiger partial charge on any atom is -0.223 e. The molecule has 0 aliphatic carbocycles. The first-order valence-corrected chi connectivity index (χ1v) is 11.0.